The van der Waals surface area contributed by atoms with E-state index in [2.05, 4.69) is 78.9 Å². The Balaban J connectivity index is 2.27. The molecular weight excluding hydrogens is 307 g/mol. The molecule has 0 amide bonds. The minimum absolute atomic E-state index is 1.03. The van der Waals surface area contributed by atoms with Crippen LogP contribution in [0.3, 0.4) is 0 Å². The minimum Gasteiger partial charge on any atom is -0.0617 e. The molecular formula is C15H15I. The van der Waals surface area contributed by atoms with E-state index in [9.17, 15) is 0 Å². The second-order valence-corrected chi connectivity index (χ2v) is 5.55. The van der Waals surface area contributed by atoms with Crippen LogP contribution in [0.1, 0.15) is 22.3 Å². The van der Waals surface area contributed by atoms with Gasteiger partial charge in [-0.1, -0.05) is 35.9 Å². The molecule has 0 radical (unpaired) electrons. The summed E-state index contributed by atoms with van der Waals surface area (Å²) in [5, 5.41) is 0. The van der Waals surface area contributed by atoms with Crippen LogP contribution in [-0.4, -0.2) is 0 Å². The van der Waals surface area contributed by atoms with Crippen LogP contribution in [0.4, 0.5) is 0 Å². The van der Waals surface area contributed by atoms with E-state index >= 15 is 0 Å². The van der Waals surface area contributed by atoms with Gasteiger partial charge in [0, 0.05) is 3.57 Å². The van der Waals surface area contributed by atoms with Crippen LogP contribution in [0.2, 0.25) is 0 Å². The quantitative estimate of drug-likeness (QED) is 0.714. The number of rotatable bonds is 2. The Morgan fingerprint density at radius 2 is 1.62 bits per heavy atom. The Morgan fingerprint density at radius 3 is 2.31 bits per heavy atom. The summed E-state index contributed by atoms with van der Waals surface area (Å²) in [6, 6.07) is 15.5. The maximum atomic E-state index is 2.38. The average Bonchev–Trinajstić information content (AvgIpc) is 2.15. The SMILES string of the molecule is Cc1cccc(Cc2cc(C)cc(I)c2)c1. The first-order chi connectivity index (χ1) is 7.63. The minimum atomic E-state index is 1.03. The third kappa shape index (κ3) is 3.08. The van der Waals surface area contributed by atoms with Crippen molar-refractivity contribution in [1.29, 1.82) is 0 Å². The normalized spacial score (nSPS) is 10.4. The van der Waals surface area contributed by atoms with E-state index in [0.29, 0.717) is 0 Å². The largest absolute Gasteiger partial charge is 0.0617 e. The van der Waals surface area contributed by atoms with E-state index in [4.69, 9.17) is 0 Å². The maximum Gasteiger partial charge on any atom is 0.0135 e. The Kier molecular flexibility index (Phi) is 3.64. The number of aryl methyl sites for hydroxylation is 2. The molecule has 82 valence electrons. The molecule has 0 spiro atoms. The van der Waals surface area contributed by atoms with Crippen LogP contribution < -0.4 is 0 Å². The predicted molar refractivity (Wildman–Crippen MR) is 77.9 cm³/mol. The fourth-order valence-electron chi connectivity index (χ4n) is 1.97. The fourth-order valence-corrected chi connectivity index (χ4v) is 2.86. The van der Waals surface area contributed by atoms with Gasteiger partial charge < -0.3 is 0 Å². The van der Waals surface area contributed by atoms with E-state index in [1.807, 2.05) is 0 Å². The second kappa shape index (κ2) is 5.00. The summed E-state index contributed by atoms with van der Waals surface area (Å²) < 4.78 is 1.32. The highest BCUT2D eigenvalue weighted by Crippen LogP contribution is 2.16. The number of hydrogen-bond donors (Lipinski definition) is 0. The van der Waals surface area contributed by atoms with Crippen molar-refractivity contribution in [3.8, 4) is 0 Å². The topological polar surface area (TPSA) is 0 Å². The standard InChI is InChI=1S/C15H15I/c1-11-4-3-5-13(6-11)9-14-7-12(2)8-15(16)10-14/h3-8,10H,9H2,1-2H3. The molecule has 0 aliphatic carbocycles. The van der Waals surface area contributed by atoms with Crippen LogP contribution >= 0.6 is 22.6 Å². The lowest BCUT2D eigenvalue weighted by Gasteiger charge is -2.05. The van der Waals surface area contributed by atoms with Gasteiger partial charge in [0.25, 0.3) is 0 Å². The van der Waals surface area contributed by atoms with Crippen LogP contribution in [0.5, 0.6) is 0 Å². The van der Waals surface area contributed by atoms with Crippen LogP contribution in [-0.2, 0) is 6.42 Å². The highest BCUT2D eigenvalue weighted by molar-refractivity contribution is 14.1. The van der Waals surface area contributed by atoms with Crippen molar-refractivity contribution in [1.82, 2.24) is 0 Å². The van der Waals surface area contributed by atoms with Crippen molar-refractivity contribution in [2.75, 3.05) is 0 Å². The lowest BCUT2D eigenvalue weighted by atomic mass is 10.0. The summed E-state index contributed by atoms with van der Waals surface area (Å²) >= 11 is 2.38. The predicted octanol–water partition coefficient (Wildman–Crippen LogP) is 4.50. The van der Waals surface area contributed by atoms with E-state index in [0.717, 1.165) is 6.42 Å². The van der Waals surface area contributed by atoms with Crippen molar-refractivity contribution < 1.29 is 0 Å². The molecule has 0 fully saturated rings. The molecule has 0 N–H and O–H groups in total. The van der Waals surface area contributed by atoms with E-state index in [-0.39, 0.29) is 0 Å². The Hall–Kier alpha value is -0.830. The van der Waals surface area contributed by atoms with E-state index in [1.54, 1.807) is 0 Å². The fraction of sp³-hybridized carbons (Fsp3) is 0.200. The van der Waals surface area contributed by atoms with Crippen LogP contribution in [0.25, 0.3) is 0 Å². The van der Waals surface area contributed by atoms with Gasteiger partial charge in [0.05, 0.1) is 0 Å². The zero-order chi connectivity index (χ0) is 11.5. The van der Waals surface area contributed by atoms with Crippen LogP contribution in [0.15, 0.2) is 42.5 Å². The Morgan fingerprint density at radius 1 is 0.875 bits per heavy atom. The lowest BCUT2D eigenvalue weighted by Crippen LogP contribution is -1.90. The molecule has 0 unspecified atom stereocenters. The third-order valence-corrected chi connectivity index (χ3v) is 3.22. The third-order valence-electron chi connectivity index (χ3n) is 2.59. The van der Waals surface area contributed by atoms with E-state index < -0.39 is 0 Å². The van der Waals surface area contributed by atoms with Gasteiger partial charge in [-0.15, -0.1) is 0 Å². The lowest BCUT2D eigenvalue weighted by molar-refractivity contribution is 1.17. The smallest absolute Gasteiger partial charge is 0.0135 e. The van der Waals surface area contributed by atoms with Gasteiger partial charge in [0.1, 0.15) is 0 Å². The van der Waals surface area contributed by atoms with Crippen molar-refractivity contribution in [2.45, 2.75) is 20.3 Å². The molecule has 0 heterocycles. The summed E-state index contributed by atoms with van der Waals surface area (Å²) in [6.07, 6.45) is 1.03. The first kappa shape index (κ1) is 11.6. The number of hydrogen-bond acceptors (Lipinski definition) is 0. The molecule has 0 saturated heterocycles. The Labute approximate surface area is 111 Å². The highest BCUT2D eigenvalue weighted by Gasteiger charge is 1.99. The zero-order valence-electron chi connectivity index (χ0n) is 9.63. The molecule has 0 aromatic heterocycles. The number of benzene rings is 2. The van der Waals surface area contributed by atoms with Gasteiger partial charge >= 0.3 is 0 Å². The molecule has 2 aromatic rings. The molecule has 0 bridgehead atoms. The molecule has 0 atom stereocenters. The molecule has 1 heteroatoms. The first-order valence-corrected chi connectivity index (χ1v) is 6.53. The maximum absolute atomic E-state index is 2.38. The summed E-state index contributed by atoms with van der Waals surface area (Å²) in [4.78, 5) is 0. The summed E-state index contributed by atoms with van der Waals surface area (Å²) in [6.45, 7) is 4.30. The summed E-state index contributed by atoms with van der Waals surface area (Å²) in [5.74, 6) is 0. The first-order valence-electron chi connectivity index (χ1n) is 5.45. The van der Waals surface area contributed by atoms with Gasteiger partial charge in [-0.05, 0) is 71.7 Å². The van der Waals surface area contributed by atoms with Crippen molar-refractivity contribution in [3.05, 3.63) is 68.3 Å². The molecule has 2 rings (SSSR count). The molecule has 0 aliphatic rings. The molecule has 2 aromatic carbocycles. The molecule has 16 heavy (non-hydrogen) atoms. The molecule has 0 nitrogen and oxygen atoms in total. The Bertz CT molecular complexity index is 480. The second-order valence-electron chi connectivity index (χ2n) is 4.30. The van der Waals surface area contributed by atoms with E-state index in [1.165, 1.54) is 25.8 Å². The summed E-state index contributed by atoms with van der Waals surface area (Å²) in [5.41, 5.74) is 5.46. The van der Waals surface area contributed by atoms with Crippen LogP contribution in [0, 0.1) is 17.4 Å². The highest BCUT2D eigenvalue weighted by atomic mass is 127. The molecule has 0 saturated carbocycles. The molecule has 0 aliphatic heterocycles. The van der Waals surface area contributed by atoms with Crippen molar-refractivity contribution in [2.24, 2.45) is 0 Å². The zero-order valence-corrected chi connectivity index (χ0v) is 11.8. The van der Waals surface area contributed by atoms with Gasteiger partial charge in [-0.2, -0.15) is 0 Å². The van der Waals surface area contributed by atoms with Gasteiger partial charge in [0.15, 0.2) is 0 Å². The van der Waals surface area contributed by atoms with Crippen molar-refractivity contribution in [3.63, 3.8) is 0 Å². The van der Waals surface area contributed by atoms with Gasteiger partial charge in [-0.3, -0.25) is 0 Å². The average molecular weight is 322 g/mol. The van der Waals surface area contributed by atoms with Crippen molar-refractivity contribution >= 4 is 22.6 Å². The van der Waals surface area contributed by atoms with Gasteiger partial charge in [0.2, 0.25) is 0 Å². The number of halogens is 1. The monoisotopic (exact) mass is 322 g/mol. The van der Waals surface area contributed by atoms with Gasteiger partial charge in [-0.25, -0.2) is 0 Å². The summed E-state index contributed by atoms with van der Waals surface area (Å²) in [7, 11) is 0.